The largest absolute Gasteiger partial charge is 0.471 e. The summed E-state index contributed by atoms with van der Waals surface area (Å²) in [6.07, 6.45) is 1.25. The van der Waals surface area contributed by atoms with E-state index in [0.29, 0.717) is 5.56 Å². The molecule has 1 amide bonds. The highest BCUT2D eigenvalue weighted by Crippen LogP contribution is 2.34. The van der Waals surface area contributed by atoms with Gasteiger partial charge in [-0.1, -0.05) is 18.2 Å². The van der Waals surface area contributed by atoms with Gasteiger partial charge in [0.15, 0.2) is 12.4 Å². The Hall–Kier alpha value is -3.66. The average molecular weight is 486 g/mol. The number of anilines is 1. The molecule has 0 saturated heterocycles. The van der Waals surface area contributed by atoms with Gasteiger partial charge in [-0.3, -0.25) is 4.79 Å². The molecule has 10 heteroatoms. The second-order valence-electron chi connectivity index (χ2n) is 7.67. The Kier molecular flexibility index (Phi) is 8.06. The predicted molar refractivity (Wildman–Crippen MR) is 128 cm³/mol. The summed E-state index contributed by atoms with van der Waals surface area (Å²) >= 11 is 0.962. The number of nitrogens with zero attached hydrogens (tertiary/aromatic N) is 2. The maximum atomic E-state index is 12.9. The molecule has 0 radical (unpaired) electrons. The molecule has 34 heavy (non-hydrogen) atoms. The van der Waals surface area contributed by atoms with E-state index in [1.165, 1.54) is 10.7 Å². The highest BCUT2D eigenvalue weighted by Gasteiger charge is 2.28. The number of aromatic nitrogens is 2. The minimum Gasteiger partial charge on any atom is -0.471 e. The van der Waals surface area contributed by atoms with Crippen LogP contribution in [0.2, 0.25) is 0 Å². The van der Waals surface area contributed by atoms with Crippen molar-refractivity contribution in [1.82, 2.24) is 9.78 Å². The highest BCUT2D eigenvalue weighted by molar-refractivity contribution is 7.18. The molecule has 1 aromatic carbocycles. The van der Waals surface area contributed by atoms with Crippen molar-refractivity contribution >= 4 is 34.2 Å². The number of ether oxygens (including phenoxy) is 3. The van der Waals surface area contributed by atoms with Gasteiger partial charge in [0.25, 0.3) is 5.91 Å². The fraction of sp³-hybridized carbons (Fsp3) is 0.333. The summed E-state index contributed by atoms with van der Waals surface area (Å²) in [5.41, 5.74) is 1.62. The van der Waals surface area contributed by atoms with Crippen molar-refractivity contribution < 1.29 is 28.6 Å². The van der Waals surface area contributed by atoms with Crippen molar-refractivity contribution in [3.63, 3.8) is 0 Å². The number of amides is 1. The van der Waals surface area contributed by atoms with Gasteiger partial charge >= 0.3 is 11.9 Å². The van der Waals surface area contributed by atoms with Crippen LogP contribution in [0.15, 0.2) is 36.5 Å². The van der Waals surface area contributed by atoms with E-state index in [1.54, 1.807) is 33.9 Å². The first-order chi connectivity index (χ1) is 16.2. The van der Waals surface area contributed by atoms with E-state index in [1.807, 2.05) is 31.2 Å². The minimum absolute atomic E-state index is 0.120. The van der Waals surface area contributed by atoms with E-state index >= 15 is 0 Å². The quantitative estimate of drug-likeness (QED) is 0.442. The first-order valence-corrected chi connectivity index (χ1v) is 11.6. The molecule has 2 heterocycles. The highest BCUT2D eigenvalue weighted by atomic mass is 32.1. The number of hydrogen-bond donors (Lipinski definition) is 1. The molecule has 3 rings (SSSR count). The molecule has 2 aromatic heterocycles. The lowest BCUT2D eigenvalue weighted by Crippen LogP contribution is -2.18. The summed E-state index contributed by atoms with van der Waals surface area (Å²) in [6.45, 7) is 8.99. The second-order valence-corrected chi connectivity index (χ2v) is 8.69. The summed E-state index contributed by atoms with van der Waals surface area (Å²) in [6, 6.07) is 9.12. The first kappa shape index (κ1) is 25.0. The van der Waals surface area contributed by atoms with Crippen LogP contribution in [-0.4, -0.2) is 40.3 Å². The smallest absolute Gasteiger partial charge is 0.348 e. The van der Waals surface area contributed by atoms with E-state index in [9.17, 15) is 14.4 Å². The Morgan fingerprint density at radius 2 is 1.85 bits per heavy atom. The number of aryl methyl sites for hydroxylation is 1. The van der Waals surface area contributed by atoms with Gasteiger partial charge in [-0.2, -0.15) is 5.10 Å². The molecule has 0 atom stereocenters. The zero-order valence-corrected chi connectivity index (χ0v) is 20.5. The molecule has 0 aliphatic carbocycles. The Morgan fingerprint density at radius 1 is 1.12 bits per heavy atom. The van der Waals surface area contributed by atoms with E-state index in [0.717, 1.165) is 22.6 Å². The van der Waals surface area contributed by atoms with Crippen LogP contribution >= 0.6 is 11.3 Å². The van der Waals surface area contributed by atoms with Gasteiger partial charge < -0.3 is 19.5 Å². The van der Waals surface area contributed by atoms with Crippen LogP contribution in [0, 0.1) is 13.8 Å². The summed E-state index contributed by atoms with van der Waals surface area (Å²) in [5.74, 6) is -1.02. The number of nitrogens with one attached hydrogen (secondary N) is 1. The molecule has 0 fully saturated rings. The molecule has 180 valence electrons. The van der Waals surface area contributed by atoms with E-state index in [4.69, 9.17) is 14.2 Å². The van der Waals surface area contributed by atoms with Crippen LogP contribution in [0.25, 0.3) is 0 Å². The zero-order valence-electron chi connectivity index (χ0n) is 19.7. The molecule has 9 nitrogen and oxygen atoms in total. The van der Waals surface area contributed by atoms with Crippen LogP contribution in [0.1, 0.15) is 62.4 Å². The summed E-state index contributed by atoms with van der Waals surface area (Å²) < 4.78 is 17.6. The number of carbonyl (C=O) groups excluding carboxylic acids is 3. The molecule has 0 spiro atoms. The molecular weight excluding hydrogens is 458 g/mol. The number of carbonyl (C=O) groups is 3. The number of para-hydroxylation sites is 1. The maximum absolute atomic E-state index is 12.9. The average Bonchev–Trinajstić information content (AvgIpc) is 3.37. The molecule has 0 aliphatic heterocycles. The molecule has 3 aromatic rings. The Morgan fingerprint density at radius 3 is 2.53 bits per heavy atom. The van der Waals surface area contributed by atoms with Crippen molar-refractivity contribution in [2.75, 3.05) is 11.9 Å². The normalized spacial score (nSPS) is 10.8. The molecule has 0 unspecified atom stereocenters. The number of hydrogen-bond acceptors (Lipinski definition) is 8. The third-order valence-electron chi connectivity index (χ3n) is 4.70. The van der Waals surface area contributed by atoms with Gasteiger partial charge in [-0.05, 0) is 57.9 Å². The van der Waals surface area contributed by atoms with Crippen molar-refractivity contribution in [2.24, 2.45) is 0 Å². The van der Waals surface area contributed by atoms with Crippen LogP contribution in [0.4, 0.5) is 5.00 Å². The van der Waals surface area contributed by atoms with Crippen LogP contribution in [-0.2, 0) is 16.2 Å². The summed E-state index contributed by atoms with van der Waals surface area (Å²) in [5, 5.41) is 7.13. The zero-order chi connectivity index (χ0) is 24.8. The minimum atomic E-state index is -0.633. The standard InChI is InChI=1S/C24H27N3O6S/c1-6-31-24(30)20-16(5)19(23(29)33-14(2)3)22(34-20)25-21(28)17-11-12-27(26-17)13-32-18-10-8-7-9-15(18)4/h7-12,14H,6,13H2,1-5H3,(H,25,28). The Bertz CT molecular complexity index is 1200. The summed E-state index contributed by atoms with van der Waals surface area (Å²) in [7, 11) is 0. The number of benzene rings is 1. The third-order valence-corrected chi connectivity index (χ3v) is 5.89. The fourth-order valence-electron chi connectivity index (χ4n) is 3.09. The predicted octanol–water partition coefficient (Wildman–Crippen LogP) is 4.59. The van der Waals surface area contributed by atoms with Gasteiger partial charge in [0.05, 0.1) is 18.3 Å². The monoisotopic (exact) mass is 485 g/mol. The van der Waals surface area contributed by atoms with E-state index < -0.39 is 17.8 Å². The van der Waals surface area contributed by atoms with Crippen LogP contribution in [0.5, 0.6) is 5.75 Å². The number of esters is 2. The van der Waals surface area contributed by atoms with Gasteiger partial charge in [0.1, 0.15) is 15.6 Å². The van der Waals surface area contributed by atoms with Crippen molar-refractivity contribution in [3.05, 3.63) is 63.8 Å². The van der Waals surface area contributed by atoms with Crippen LogP contribution in [0.3, 0.4) is 0 Å². The molecular formula is C24H27N3O6S. The van der Waals surface area contributed by atoms with Crippen molar-refractivity contribution in [2.45, 2.75) is 47.5 Å². The Balaban J connectivity index is 1.79. The lowest BCUT2D eigenvalue weighted by Gasteiger charge is -2.10. The summed E-state index contributed by atoms with van der Waals surface area (Å²) in [4.78, 5) is 38.2. The van der Waals surface area contributed by atoms with Crippen molar-refractivity contribution in [3.8, 4) is 5.75 Å². The maximum Gasteiger partial charge on any atom is 0.348 e. The van der Waals surface area contributed by atoms with Gasteiger partial charge in [0, 0.05) is 6.20 Å². The SMILES string of the molecule is CCOC(=O)c1sc(NC(=O)c2ccn(COc3ccccc3C)n2)c(C(=O)OC(C)C)c1C. The number of thiophene rings is 1. The first-order valence-electron chi connectivity index (χ1n) is 10.8. The van der Waals surface area contributed by atoms with Crippen molar-refractivity contribution in [1.29, 1.82) is 0 Å². The van der Waals surface area contributed by atoms with Crippen LogP contribution < -0.4 is 10.1 Å². The van der Waals surface area contributed by atoms with Gasteiger partial charge in [-0.15, -0.1) is 11.3 Å². The topological polar surface area (TPSA) is 109 Å². The van der Waals surface area contributed by atoms with Gasteiger partial charge in [-0.25, -0.2) is 14.3 Å². The van der Waals surface area contributed by atoms with E-state index in [2.05, 4.69) is 10.4 Å². The van der Waals surface area contributed by atoms with E-state index in [-0.39, 0.29) is 40.6 Å². The molecule has 0 saturated carbocycles. The Labute approximate surface area is 201 Å². The third kappa shape index (κ3) is 5.82. The lowest BCUT2D eigenvalue weighted by molar-refractivity contribution is 0.0379. The second kappa shape index (κ2) is 11.0. The molecule has 0 aliphatic rings. The fourth-order valence-corrected chi connectivity index (χ4v) is 4.17. The lowest BCUT2D eigenvalue weighted by atomic mass is 10.1. The molecule has 1 N–H and O–H groups in total. The van der Waals surface area contributed by atoms with Gasteiger partial charge in [0.2, 0.25) is 0 Å². The number of rotatable bonds is 9. The molecule has 0 bridgehead atoms.